The number of carbonyl (C=O) groups is 1. The SMILES string of the molecule is NNc1ccc(CCNC(=O)O)c(F)c1. The molecule has 1 amide bonds. The lowest BCUT2D eigenvalue weighted by molar-refractivity contribution is 0.194. The van der Waals surface area contributed by atoms with Crippen LogP contribution in [-0.2, 0) is 6.42 Å². The molecule has 0 spiro atoms. The molecule has 1 aromatic rings. The summed E-state index contributed by atoms with van der Waals surface area (Å²) in [7, 11) is 0. The lowest BCUT2D eigenvalue weighted by Crippen LogP contribution is -2.23. The molecular formula is C9H12FN3O2. The first kappa shape index (κ1) is 11.3. The second-order valence-electron chi connectivity index (χ2n) is 2.93. The zero-order chi connectivity index (χ0) is 11.3. The van der Waals surface area contributed by atoms with Gasteiger partial charge in [0.15, 0.2) is 0 Å². The Morgan fingerprint density at radius 1 is 1.53 bits per heavy atom. The highest BCUT2D eigenvalue weighted by atomic mass is 19.1. The van der Waals surface area contributed by atoms with Gasteiger partial charge in [0.1, 0.15) is 5.82 Å². The Bertz CT molecular complexity index is 357. The number of anilines is 1. The monoisotopic (exact) mass is 213 g/mol. The van der Waals surface area contributed by atoms with E-state index in [9.17, 15) is 9.18 Å². The third-order valence-corrected chi connectivity index (χ3v) is 1.89. The van der Waals surface area contributed by atoms with E-state index in [1.807, 2.05) is 0 Å². The summed E-state index contributed by atoms with van der Waals surface area (Å²) in [6, 6.07) is 4.45. The van der Waals surface area contributed by atoms with E-state index in [0.29, 0.717) is 17.7 Å². The number of rotatable bonds is 4. The van der Waals surface area contributed by atoms with E-state index in [2.05, 4.69) is 10.7 Å². The van der Waals surface area contributed by atoms with Crippen molar-refractivity contribution in [1.82, 2.24) is 5.32 Å². The fourth-order valence-electron chi connectivity index (χ4n) is 1.14. The predicted molar refractivity (Wildman–Crippen MR) is 53.9 cm³/mol. The smallest absolute Gasteiger partial charge is 0.404 e. The standard InChI is InChI=1S/C9H12FN3O2/c10-8-5-7(13-11)2-1-6(8)3-4-12-9(14)15/h1-2,5,12-13H,3-4,11H2,(H,14,15). The van der Waals surface area contributed by atoms with Crippen molar-refractivity contribution in [3.63, 3.8) is 0 Å². The number of nitrogens with one attached hydrogen (secondary N) is 2. The fraction of sp³-hybridized carbons (Fsp3) is 0.222. The van der Waals surface area contributed by atoms with Crippen LogP contribution in [-0.4, -0.2) is 17.7 Å². The molecule has 5 nitrogen and oxygen atoms in total. The molecule has 5 N–H and O–H groups in total. The van der Waals surface area contributed by atoms with Crippen molar-refractivity contribution in [3.05, 3.63) is 29.6 Å². The first-order valence-electron chi connectivity index (χ1n) is 4.35. The minimum atomic E-state index is -1.12. The summed E-state index contributed by atoms with van der Waals surface area (Å²) >= 11 is 0. The summed E-state index contributed by atoms with van der Waals surface area (Å²) in [5, 5.41) is 10.5. The molecule has 0 fully saturated rings. The lowest BCUT2D eigenvalue weighted by Gasteiger charge is -2.05. The number of hydrazine groups is 1. The van der Waals surface area contributed by atoms with Crippen LogP contribution in [0.4, 0.5) is 14.9 Å². The molecule has 0 heterocycles. The molecule has 0 saturated heterocycles. The lowest BCUT2D eigenvalue weighted by atomic mass is 10.1. The number of benzene rings is 1. The summed E-state index contributed by atoms with van der Waals surface area (Å²) < 4.78 is 13.3. The average molecular weight is 213 g/mol. The van der Waals surface area contributed by atoms with Gasteiger partial charge in [0.2, 0.25) is 0 Å². The van der Waals surface area contributed by atoms with Gasteiger partial charge >= 0.3 is 6.09 Å². The van der Waals surface area contributed by atoms with E-state index in [4.69, 9.17) is 10.9 Å². The molecule has 0 saturated carbocycles. The Labute approximate surface area is 86.1 Å². The maximum atomic E-state index is 13.3. The quantitative estimate of drug-likeness (QED) is 0.442. The molecule has 0 atom stereocenters. The molecule has 82 valence electrons. The number of hydrogen-bond acceptors (Lipinski definition) is 3. The first-order chi connectivity index (χ1) is 7.13. The maximum Gasteiger partial charge on any atom is 0.404 e. The summed E-state index contributed by atoms with van der Waals surface area (Å²) in [4.78, 5) is 10.1. The first-order valence-corrected chi connectivity index (χ1v) is 4.35. The number of nitrogens with two attached hydrogens (primary N) is 1. The van der Waals surface area contributed by atoms with Crippen molar-refractivity contribution in [2.45, 2.75) is 6.42 Å². The van der Waals surface area contributed by atoms with Gasteiger partial charge in [-0.3, -0.25) is 5.84 Å². The topological polar surface area (TPSA) is 87.4 Å². The Morgan fingerprint density at radius 2 is 2.27 bits per heavy atom. The molecular weight excluding hydrogens is 201 g/mol. The van der Waals surface area contributed by atoms with Crippen molar-refractivity contribution in [2.24, 2.45) is 5.84 Å². The van der Waals surface area contributed by atoms with Crippen LogP contribution < -0.4 is 16.6 Å². The third-order valence-electron chi connectivity index (χ3n) is 1.89. The van der Waals surface area contributed by atoms with Crippen LogP contribution in [0.3, 0.4) is 0 Å². The van der Waals surface area contributed by atoms with Crippen LogP contribution in [0.25, 0.3) is 0 Å². The van der Waals surface area contributed by atoms with Gasteiger partial charge in [-0.15, -0.1) is 0 Å². The summed E-state index contributed by atoms with van der Waals surface area (Å²) in [5.41, 5.74) is 3.24. The molecule has 0 unspecified atom stereocenters. The second-order valence-corrected chi connectivity index (χ2v) is 2.93. The molecule has 0 radical (unpaired) electrons. The maximum absolute atomic E-state index is 13.3. The Morgan fingerprint density at radius 3 is 2.80 bits per heavy atom. The van der Waals surface area contributed by atoms with Crippen LogP contribution in [0, 0.1) is 5.82 Å². The van der Waals surface area contributed by atoms with Crippen LogP contribution in [0.15, 0.2) is 18.2 Å². The molecule has 1 aromatic carbocycles. The zero-order valence-corrected chi connectivity index (χ0v) is 7.96. The van der Waals surface area contributed by atoms with Gasteiger partial charge < -0.3 is 15.8 Å². The van der Waals surface area contributed by atoms with Crippen LogP contribution in [0.1, 0.15) is 5.56 Å². The van der Waals surface area contributed by atoms with Gasteiger partial charge in [-0.2, -0.15) is 0 Å². The summed E-state index contributed by atoms with van der Waals surface area (Å²) in [6.07, 6.45) is -0.807. The molecule has 6 heteroatoms. The van der Waals surface area contributed by atoms with Crippen LogP contribution in [0.5, 0.6) is 0 Å². The number of hydrogen-bond donors (Lipinski definition) is 4. The summed E-state index contributed by atoms with van der Waals surface area (Å²) in [5.74, 6) is 4.70. The van der Waals surface area contributed by atoms with Gasteiger partial charge in [0.05, 0.1) is 5.69 Å². The fourth-order valence-corrected chi connectivity index (χ4v) is 1.14. The van der Waals surface area contributed by atoms with E-state index in [-0.39, 0.29) is 6.54 Å². The minimum absolute atomic E-state index is 0.182. The van der Waals surface area contributed by atoms with E-state index >= 15 is 0 Å². The van der Waals surface area contributed by atoms with Gasteiger partial charge in [0, 0.05) is 6.54 Å². The molecule has 0 aromatic heterocycles. The highest BCUT2D eigenvalue weighted by Crippen LogP contribution is 2.13. The third kappa shape index (κ3) is 3.43. The van der Waals surface area contributed by atoms with Gasteiger partial charge in [-0.25, -0.2) is 9.18 Å². The average Bonchev–Trinajstić information content (AvgIpc) is 2.20. The highest BCUT2D eigenvalue weighted by Gasteiger charge is 2.03. The van der Waals surface area contributed by atoms with Crippen molar-refractivity contribution >= 4 is 11.8 Å². The Kier molecular flexibility index (Phi) is 3.87. The van der Waals surface area contributed by atoms with E-state index in [1.165, 1.54) is 6.07 Å². The largest absolute Gasteiger partial charge is 0.465 e. The van der Waals surface area contributed by atoms with E-state index in [1.54, 1.807) is 12.1 Å². The number of nitrogen functional groups attached to an aromatic ring is 1. The zero-order valence-electron chi connectivity index (χ0n) is 7.96. The second kappa shape index (κ2) is 5.16. The number of amides is 1. The molecule has 15 heavy (non-hydrogen) atoms. The van der Waals surface area contributed by atoms with E-state index < -0.39 is 11.9 Å². The summed E-state index contributed by atoms with van der Waals surface area (Å²) in [6.45, 7) is 0.182. The molecule has 1 rings (SSSR count). The predicted octanol–water partition coefficient (Wildman–Crippen LogP) is 0.921. The van der Waals surface area contributed by atoms with Crippen molar-refractivity contribution in [2.75, 3.05) is 12.0 Å². The van der Waals surface area contributed by atoms with Crippen molar-refractivity contribution in [3.8, 4) is 0 Å². The Balaban J connectivity index is 2.58. The van der Waals surface area contributed by atoms with Crippen LogP contribution in [0.2, 0.25) is 0 Å². The highest BCUT2D eigenvalue weighted by molar-refractivity contribution is 5.64. The van der Waals surface area contributed by atoms with E-state index in [0.717, 1.165) is 0 Å². The van der Waals surface area contributed by atoms with Gasteiger partial charge in [0.25, 0.3) is 0 Å². The Hall–Kier alpha value is -1.82. The molecule has 0 bridgehead atoms. The van der Waals surface area contributed by atoms with Crippen LogP contribution >= 0.6 is 0 Å². The minimum Gasteiger partial charge on any atom is -0.465 e. The van der Waals surface area contributed by atoms with Crippen molar-refractivity contribution in [1.29, 1.82) is 0 Å². The molecule has 0 aliphatic heterocycles. The number of carboxylic acid groups (broad SMARTS) is 1. The van der Waals surface area contributed by atoms with Crippen molar-refractivity contribution < 1.29 is 14.3 Å². The molecule has 0 aliphatic carbocycles. The number of halogens is 1. The molecule has 0 aliphatic rings. The normalized spacial score (nSPS) is 9.73. The van der Waals surface area contributed by atoms with Gasteiger partial charge in [-0.05, 0) is 24.1 Å². The van der Waals surface area contributed by atoms with Gasteiger partial charge in [-0.1, -0.05) is 6.07 Å².